The average Bonchev–Trinajstić information content (AvgIpc) is 2.21. The number of aliphatic hydroxyl groups excluding tert-OH is 2. The van der Waals surface area contributed by atoms with Crippen LogP contribution in [-0.2, 0) is 18.6 Å². The molecule has 0 fully saturated rings. The lowest BCUT2D eigenvalue weighted by atomic mass is 10.2. The molecular weight excluding hydrogens is 257 g/mol. The first kappa shape index (κ1) is 16.5. The number of esters is 1. The first-order valence-electron chi connectivity index (χ1n) is 4.62. The van der Waals surface area contributed by atoms with Gasteiger partial charge in [-0.05, 0) is 6.92 Å². The predicted octanol–water partition coefficient (Wildman–Crippen LogP) is -2.29. The van der Waals surface area contributed by atoms with Gasteiger partial charge in [0.1, 0.15) is 12.1 Å². The highest BCUT2D eigenvalue weighted by Crippen LogP contribution is 2.35. The summed E-state index contributed by atoms with van der Waals surface area (Å²) in [5, 5.41) is 17.8. The normalized spacial score (nSPS) is 17.3. The smallest absolute Gasteiger partial charge is 0.456 e. The fourth-order valence-corrected chi connectivity index (χ4v) is 1.10. The second-order valence-electron chi connectivity index (χ2n) is 3.29. The zero-order chi connectivity index (χ0) is 13.6. The number of ether oxygens (including phenoxy) is 1. The molecular formula is C7H16NO8P. The van der Waals surface area contributed by atoms with Gasteiger partial charge < -0.3 is 30.5 Å². The molecule has 0 aromatic carbocycles. The number of hydrogen-bond acceptors (Lipinski definition) is 7. The van der Waals surface area contributed by atoms with E-state index in [4.69, 9.17) is 25.7 Å². The van der Waals surface area contributed by atoms with Crippen LogP contribution in [0, 0.1) is 0 Å². The maximum Gasteiger partial charge on any atom is 0.469 e. The Balaban J connectivity index is 4.22. The van der Waals surface area contributed by atoms with Crippen LogP contribution < -0.4 is 5.73 Å². The third kappa shape index (κ3) is 7.40. The van der Waals surface area contributed by atoms with E-state index in [2.05, 4.69) is 9.26 Å². The molecule has 0 aliphatic heterocycles. The maximum absolute atomic E-state index is 11.2. The fourth-order valence-electron chi connectivity index (χ4n) is 0.744. The minimum absolute atomic E-state index is 0.682. The lowest BCUT2D eigenvalue weighted by Crippen LogP contribution is -2.44. The van der Waals surface area contributed by atoms with Gasteiger partial charge in [0.25, 0.3) is 0 Å². The summed E-state index contributed by atoms with van der Waals surface area (Å²) in [6.07, 6.45) is -2.41. The van der Waals surface area contributed by atoms with Gasteiger partial charge in [-0.15, -0.1) is 0 Å². The molecule has 0 saturated carbocycles. The molecule has 3 atom stereocenters. The van der Waals surface area contributed by atoms with Gasteiger partial charge in [-0.25, -0.2) is 4.57 Å². The molecule has 102 valence electrons. The summed E-state index contributed by atoms with van der Waals surface area (Å²) in [5.41, 5.74) is 5.24. The van der Waals surface area contributed by atoms with Gasteiger partial charge in [-0.3, -0.25) is 9.32 Å². The van der Waals surface area contributed by atoms with Gasteiger partial charge >= 0.3 is 13.8 Å². The Labute approximate surface area is 97.4 Å². The second-order valence-corrected chi connectivity index (χ2v) is 4.53. The first-order valence-corrected chi connectivity index (χ1v) is 6.15. The molecule has 10 heteroatoms. The number of phosphoric ester groups is 1. The van der Waals surface area contributed by atoms with E-state index in [0.29, 0.717) is 0 Å². The fraction of sp³-hybridized carbons (Fsp3) is 0.857. The standard InChI is InChI=1S/C7H16NO8P/c1-4(10)6(8)7(11)16-5(2-9)3-15-17(12,13)14/h4-6,9-10H,2-3,8H2,1H3,(H2,12,13,14)/t4-,5?,6+/m1/s1. The van der Waals surface area contributed by atoms with Crippen LogP contribution in [0.1, 0.15) is 6.92 Å². The van der Waals surface area contributed by atoms with Gasteiger partial charge in [0.05, 0.1) is 19.3 Å². The quantitative estimate of drug-likeness (QED) is 0.254. The van der Waals surface area contributed by atoms with Crippen LogP contribution >= 0.6 is 7.82 Å². The summed E-state index contributed by atoms with van der Waals surface area (Å²) in [4.78, 5) is 28.0. The summed E-state index contributed by atoms with van der Waals surface area (Å²) in [7, 11) is -4.70. The summed E-state index contributed by atoms with van der Waals surface area (Å²) >= 11 is 0. The van der Waals surface area contributed by atoms with Crippen molar-refractivity contribution in [3.8, 4) is 0 Å². The molecule has 0 radical (unpaired) electrons. The van der Waals surface area contributed by atoms with Crippen LogP contribution in [-0.4, -0.2) is 57.4 Å². The molecule has 0 aliphatic carbocycles. The van der Waals surface area contributed by atoms with Crippen LogP contribution in [0.2, 0.25) is 0 Å². The molecule has 6 N–H and O–H groups in total. The van der Waals surface area contributed by atoms with Crippen molar-refractivity contribution in [3.05, 3.63) is 0 Å². The molecule has 0 heterocycles. The molecule has 0 aliphatic rings. The van der Waals surface area contributed by atoms with Gasteiger partial charge in [0.2, 0.25) is 0 Å². The van der Waals surface area contributed by atoms with E-state index in [1.807, 2.05) is 0 Å². The number of rotatable bonds is 7. The van der Waals surface area contributed by atoms with Gasteiger partial charge in [0.15, 0.2) is 0 Å². The summed E-state index contributed by atoms with van der Waals surface area (Å²) in [5.74, 6) is -1.01. The molecule has 0 spiro atoms. The zero-order valence-electron chi connectivity index (χ0n) is 9.09. The van der Waals surface area contributed by atoms with Crippen molar-refractivity contribution in [2.75, 3.05) is 13.2 Å². The summed E-state index contributed by atoms with van der Waals surface area (Å²) < 4.78 is 19.0. The van der Waals surface area contributed by atoms with E-state index in [-0.39, 0.29) is 0 Å². The van der Waals surface area contributed by atoms with Crippen molar-refractivity contribution in [3.63, 3.8) is 0 Å². The van der Waals surface area contributed by atoms with Gasteiger partial charge in [0, 0.05) is 0 Å². The number of carbonyl (C=O) groups is 1. The Bertz CT molecular complexity index is 290. The number of nitrogens with two attached hydrogens (primary N) is 1. The summed E-state index contributed by atoms with van der Waals surface area (Å²) in [6.45, 7) is -0.108. The average molecular weight is 273 g/mol. The van der Waals surface area contributed by atoms with Gasteiger partial charge in [-0.2, -0.15) is 0 Å². The van der Waals surface area contributed by atoms with Gasteiger partial charge in [-0.1, -0.05) is 0 Å². The molecule has 0 aromatic heterocycles. The number of phosphoric acid groups is 1. The molecule has 9 nitrogen and oxygen atoms in total. The molecule has 0 aromatic rings. The number of aliphatic hydroxyl groups is 2. The Morgan fingerprint density at radius 2 is 2.00 bits per heavy atom. The Morgan fingerprint density at radius 3 is 2.35 bits per heavy atom. The van der Waals surface area contributed by atoms with Crippen LogP contribution in [0.5, 0.6) is 0 Å². The van der Waals surface area contributed by atoms with Crippen molar-refractivity contribution in [2.45, 2.75) is 25.2 Å². The Kier molecular flexibility index (Phi) is 6.80. The Hall–Kier alpha value is -0.540. The minimum Gasteiger partial charge on any atom is -0.456 e. The van der Waals surface area contributed by atoms with Crippen LogP contribution in [0.15, 0.2) is 0 Å². The highest BCUT2D eigenvalue weighted by molar-refractivity contribution is 7.46. The molecule has 0 saturated heterocycles. The number of carbonyl (C=O) groups excluding carboxylic acids is 1. The monoisotopic (exact) mass is 273 g/mol. The zero-order valence-corrected chi connectivity index (χ0v) is 9.99. The minimum atomic E-state index is -4.70. The van der Waals surface area contributed by atoms with E-state index in [1.165, 1.54) is 6.92 Å². The van der Waals surface area contributed by atoms with Crippen molar-refractivity contribution in [1.29, 1.82) is 0 Å². The van der Waals surface area contributed by atoms with Crippen molar-refractivity contribution in [2.24, 2.45) is 5.73 Å². The highest BCUT2D eigenvalue weighted by Gasteiger charge is 2.25. The van der Waals surface area contributed by atoms with E-state index >= 15 is 0 Å². The molecule has 0 rings (SSSR count). The lowest BCUT2D eigenvalue weighted by molar-refractivity contribution is -0.157. The SMILES string of the molecule is C[C@@H](O)[C@H](N)C(=O)OC(CO)COP(=O)(O)O. The van der Waals surface area contributed by atoms with Crippen molar-refractivity contribution in [1.82, 2.24) is 0 Å². The third-order valence-electron chi connectivity index (χ3n) is 1.71. The van der Waals surface area contributed by atoms with Crippen LogP contribution in [0.25, 0.3) is 0 Å². The van der Waals surface area contributed by atoms with Crippen molar-refractivity contribution < 1.29 is 38.6 Å². The predicted molar refractivity (Wildman–Crippen MR) is 54.6 cm³/mol. The largest absolute Gasteiger partial charge is 0.469 e. The summed E-state index contributed by atoms with van der Waals surface area (Å²) in [6, 6.07) is -1.31. The van der Waals surface area contributed by atoms with E-state index in [9.17, 15) is 9.36 Å². The number of hydrogen-bond donors (Lipinski definition) is 5. The first-order chi connectivity index (χ1) is 7.67. The molecule has 0 bridgehead atoms. The van der Waals surface area contributed by atoms with E-state index < -0.39 is 45.3 Å². The molecule has 1 unspecified atom stereocenters. The van der Waals surface area contributed by atoms with E-state index in [0.717, 1.165) is 0 Å². The van der Waals surface area contributed by atoms with Crippen LogP contribution in [0.4, 0.5) is 0 Å². The highest BCUT2D eigenvalue weighted by atomic mass is 31.2. The van der Waals surface area contributed by atoms with Crippen LogP contribution in [0.3, 0.4) is 0 Å². The molecule has 0 amide bonds. The Morgan fingerprint density at radius 1 is 1.47 bits per heavy atom. The third-order valence-corrected chi connectivity index (χ3v) is 2.19. The lowest BCUT2D eigenvalue weighted by Gasteiger charge is -2.19. The topological polar surface area (TPSA) is 160 Å². The maximum atomic E-state index is 11.2. The second kappa shape index (κ2) is 7.02. The van der Waals surface area contributed by atoms with E-state index in [1.54, 1.807) is 0 Å². The molecule has 17 heavy (non-hydrogen) atoms. The van der Waals surface area contributed by atoms with Crippen molar-refractivity contribution >= 4 is 13.8 Å².